The Labute approximate surface area is 100 Å². The van der Waals surface area contributed by atoms with Crippen LogP contribution in [0, 0.1) is 5.92 Å². The van der Waals surface area contributed by atoms with Crippen molar-refractivity contribution in [1.29, 1.82) is 0 Å². The maximum absolute atomic E-state index is 2.36. The van der Waals surface area contributed by atoms with Crippen LogP contribution >= 0.6 is 11.3 Å². The molecule has 1 fully saturated rings. The first-order chi connectivity index (χ1) is 7.93. The molecule has 0 saturated heterocycles. The fourth-order valence-corrected chi connectivity index (χ4v) is 2.97. The van der Waals surface area contributed by atoms with Gasteiger partial charge in [0.25, 0.3) is 0 Å². The van der Waals surface area contributed by atoms with Crippen LogP contribution < -0.4 is 0 Å². The smallest absolute Gasteiger partial charge is 0.00822 e. The second kappa shape index (κ2) is 4.26. The molecule has 1 aliphatic carbocycles. The van der Waals surface area contributed by atoms with Gasteiger partial charge in [-0.3, -0.25) is 0 Å². The molecular weight excluding hydrogens is 212 g/mol. The normalized spacial score (nSPS) is 23.8. The molecule has 16 heavy (non-hydrogen) atoms. The zero-order valence-corrected chi connectivity index (χ0v) is 9.86. The van der Waals surface area contributed by atoms with E-state index < -0.39 is 0 Å². The number of hydrogen-bond donors (Lipinski definition) is 0. The third kappa shape index (κ3) is 2.10. The Hall–Kier alpha value is -1.34. The maximum Gasteiger partial charge on any atom is 0.00822 e. The number of allylic oxidation sites excluding steroid dienone is 1. The van der Waals surface area contributed by atoms with E-state index in [2.05, 4.69) is 60.0 Å². The molecule has 1 aromatic heterocycles. The van der Waals surface area contributed by atoms with E-state index in [0.29, 0.717) is 0 Å². The average molecular weight is 226 g/mol. The van der Waals surface area contributed by atoms with Crippen molar-refractivity contribution in [2.45, 2.75) is 12.3 Å². The summed E-state index contributed by atoms with van der Waals surface area (Å²) in [5.74, 6) is 1.55. The molecule has 0 spiro atoms. The summed E-state index contributed by atoms with van der Waals surface area (Å²) in [5, 5.41) is 2.17. The number of thiophene rings is 1. The van der Waals surface area contributed by atoms with Gasteiger partial charge in [-0.15, -0.1) is 11.3 Å². The third-order valence-electron chi connectivity index (χ3n) is 3.08. The summed E-state index contributed by atoms with van der Waals surface area (Å²) in [5.41, 5.74) is 1.30. The number of benzene rings is 1. The van der Waals surface area contributed by atoms with E-state index in [9.17, 15) is 0 Å². The second-order valence-corrected chi connectivity index (χ2v) is 5.27. The zero-order valence-electron chi connectivity index (χ0n) is 9.04. The predicted molar refractivity (Wildman–Crippen MR) is 70.6 cm³/mol. The lowest BCUT2D eigenvalue weighted by molar-refractivity contribution is 1.04. The van der Waals surface area contributed by atoms with Crippen molar-refractivity contribution in [2.75, 3.05) is 0 Å². The lowest BCUT2D eigenvalue weighted by Crippen LogP contribution is -1.74. The van der Waals surface area contributed by atoms with E-state index >= 15 is 0 Å². The lowest BCUT2D eigenvalue weighted by atomic mass is 10.2. The highest BCUT2D eigenvalue weighted by molar-refractivity contribution is 7.10. The first-order valence-corrected chi connectivity index (χ1v) is 6.58. The molecule has 0 aliphatic heterocycles. The summed E-state index contributed by atoms with van der Waals surface area (Å²) in [6.07, 6.45) is 5.93. The van der Waals surface area contributed by atoms with Crippen molar-refractivity contribution < 1.29 is 0 Å². The summed E-state index contributed by atoms with van der Waals surface area (Å²) in [6, 6.07) is 14.9. The van der Waals surface area contributed by atoms with Crippen molar-refractivity contribution in [1.82, 2.24) is 0 Å². The molecule has 0 radical (unpaired) electrons. The van der Waals surface area contributed by atoms with Gasteiger partial charge in [0.2, 0.25) is 0 Å². The van der Waals surface area contributed by atoms with Gasteiger partial charge in [0.1, 0.15) is 0 Å². The largest absolute Gasteiger partial charge is 0.149 e. The standard InChI is InChI=1S/C15H14S/c1-2-5-12(6-3-1)8-9-13-11-14(13)15-7-4-10-16-15/h1-10,13-14H,11H2/b9-8+/t13-,14-/m1/s1. The first-order valence-electron chi connectivity index (χ1n) is 5.70. The van der Waals surface area contributed by atoms with Crippen LogP contribution in [0.25, 0.3) is 6.08 Å². The topological polar surface area (TPSA) is 0 Å². The summed E-state index contributed by atoms with van der Waals surface area (Å²) < 4.78 is 0. The van der Waals surface area contributed by atoms with Crippen molar-refractivity contribution in [3.8, 4) is 0 Å². The Morgan fingerprint density at radius 3 is 2.69 bits per heavy atom. The highest BCUT2D eigenvalue weighted by atomic mass is 32.1. The van der Waals surface area contributed by atoms with Crippen molar-refractivity contribution in [2.24, 2.45) is 5.92 Å². The molecule has 1 heteroatoms. The van der Waals surface area contributed by atoms with Gasteiger partial charge in [0.15, 0.2) is 0 Å². The molecule has 0 unspecified atom stereocenters. The number of hydrogen-bond acceptors (Lipinski definition) is 1. The van der Waals surface area contributed by atoms with Crippen LogP contribution in [0.3, 0.4) is 0 Å². The van der Waals surface area contributed by atoms with Crippen molar-refractivity contribution in [3.63, 3.8) is 0 Å². The Bertz CT molecular complexity index is 467. The molecule has 1 aliphatic rings. The summed E-state index contributed by atoms with van der Waals surface area (Å²) in [7, 11) is 0. The predicted octanol–water partition coefficient (Wildman–Crippen LogP) is 4.57. The van der Waals surface area contributed by atoms with E-state index in [1.165, 1.54) is 12.0 Å². The number of rotatable bonds is 3. The van der Waals surface area contributed by atoms with Gasteiger partial charge >= 0.3 is 0 Å². The molecule has 0 nitrogen and oxygen atoms in total. The second-order valence-electron chi connectivity index (χ2n) is 4.29. The molecule has 0 bridgehead atoms. The molecule has 0 amide bonds. The Morgan fingerprint density at radius 2 is 1.94 bits per heavy atom. The van der Waals surface area contributed by atoms with E-state index in [1.807, 2.05) is 11.3 Å². The van der Waals surface area contributed by atoms with Crippen molar-refractivity contribution in [3.05, 3.63) is 64.4 Å². The molecule has 2 atom stereocenters. The van der Waals surface area contributed by atoms with Crippen LogP contribution in [0.1, 0.15) is 22.8 Å². The quantitative estimate of drug-likeness (QED) is 0.719. The average Bonchev–Trinajstić information content (AvgIpc) is 2.90. The SMILES string of the molecule is C(=C\[C@@H]1C[C@H]1c1cccs1)/c1ccccc1. The van der Waals surface area contributed by atoms with Gasteiger partial charge in [-0.2, -0.15) is 0 Å². The Morgan fingerprint density at radius 1 is 1.06 bits per heavy atom. The van der Waals surface area contributed by atoms with Gasteiger partial charge in [-0.25, -0.2) is 0 Å². The Balaban J connectivity index is 1.64. The molecular formula is C15H14S. The molecule has 1 aromatic carbocycles. The van der Waals surface area contributed by atoms with Crippen molar-refractivity contribution >= 4 is 17.4 Å². The zero-order chi connectivity index (χ0) is 10.8. The van der Waals surface area contributed by atoms with Gasteiger partial charge < -0.3 is 0 Å². The minimum Gasteiger partial charge on any atom is -0.149 e. The molecule has 1 heterocycles. The van der Waals surface area contributed by atoms with Crippen LogP contribution in [-0.2, 0) is 0 Å². The molecule has 2 aromatic rings. The Kier molecular flexibility index (Phi) is 2.63. The van der Waals surface area contributed by atoms with E-state index in [1.54, 1.807) is 4.88 Å². The summed E-state index contributed by atoms with van der Waals surface area (Å²) in [6.45, 7) is 0. The third-order valence-corrected chi connectivity index (χ3v) is 4.09. The minimum atomic E-state index is 0.763. The molecule has 80 valence electrons. The summed E-state index contributed by atoms with van der Waals surface area (Å²) in [4.78, 5) is 1.54. The van der Waals surface area contributed by atoms with E-state index in [4.69, 9.17) is 0 Å². The first kappa shape index (κ1) is 9.86. The van der Waals surface area contributed by atoms with Crippen LogP contribution in [0.4, 0.5) is 0 Å². The molecule has 0 N–H and O–H groups in total. The van der Waals surface area contributed by atoms with Gasteiger partial charge in [-0.05, 0) is 29.3 Å². The highest BCUT2D eigenvalue weighted by Gasteiger charge is 2.36. The van der Waals surface area contributed by atoms with Crippen LogP contribution in [0.15, 0.2) is 53.9 Å². The minimum absolute atomic E-state index is 0.763. The highest BCUT2D eigenvalue weighted by Crippen LogP contribution is 2.50. The van der Waals surface area contributed by atoms with Gasteiger partial charge in [0, 0.05) is 10.8 Å². The fourth-order valence-electron chi connectivity index (χ4n) is 2.06. The van der Waals surface area contributed by atoms with Crippen LogP contribution in [0.5, 0.6) is 0 Å². The van der Waals surface area contributed by atoms with Crippen LogP contribution in [-0.4, -0.2) is 0 Å². The van der Waals surface area contributed by atoms with Gasteiger partial charge in [-0.1, -0.05) is 48.6 Å². The summed E-state index contributed by atoms with van der Waals surface area (Å²) >= 11 is 1.89. The fraction of sp³-hybridized carbons (Fsp3) is 0.200. The monoisotopic (exact) mass is 226 g/mol. The molecule has 3 rings (SSSR count). The van der Waals surface area contributed by atoms with Crippen LogP contribution in [0.2, 0.25) is 0 Å². The van der Waals surface area contributed by atoms with E-state index in [-0.39, 0.29) is 0 Å². The molecule has 1 saturated carbocycles. The maximum atomic E-state index is 2.36. The van der Waals surface area contributed by atoms with Gasteiger partial charge in [0.05, 0.1) is 0 Å². The van der Waals surface area contributed by atoms with E-state index in [0.717, 1.165) is 11.8 Å². The lowest BCUT2D eigenvalue weighted by Gasteiger charge is -1.92.